The molecule has 0 atom stereocenters. The maximum Gasteiger partial charge on any atom is 0.343 e. The van der Waals surface area contributed by atoms with Crippen LogP contribution in [0.3, 0.4) is 0 Å². The number of nitriles is 1. The van der Waals surface area contributed by atoms with Crippen molar-refractivity contribution in [2.45, 2.75) is 0 Å². The second-order valence-corrected chi connectivity index (χ2v) is 6.33. The second kappa shape index (κ2) is 10.1. The Morgan fingerprint density at radius 3 is 2.61 bits per heavy atom. The van der Waals surface area contributed by atoms with Gasteiger partial charge in [0, 0.05) is 10.2 Å². The summed E-state index contributed by atoms with van der Waals surface area (Å²) in [5.41, 5.74) is 1.04. The zero-order valence-corrected chi connectivity index (χ0v) is 16.8. The Morgan fingerprint density at radius 1 is 1.18 bits per heavy atom. The summed E-state index contributed by atoms with van der Waals surface area (Å²) in [5.74, 6) is -0.378. The maximum atomic E-state index is 12.4. The van der Waals surface area contributed by atoms with Crippen molar-refractivity contribution >= 4 is 39.6 Å². The van der Waals surface area contributed by atoms with Crippen LogP contribution in [0.25, 0.3) is 6.08 Å². The summed E-state index contributed by atoms with van der Waals surface area (Å²) >= 11 is 3.32. The van der Waals surface area contributed by atoms with Gasteiger partial charge in [0.15, 0.2) is 18.1 Å². The van der Waals surface area contributed by atoms with Gasteiger partial charge in [-0.2, -0.15) is 5.26 Å². The first-order chi connectivity index (χ1) is 13.5. The molecule has 0 saturated carbocycles. The predicted octanol–water partition coefficient (Wildman–Crippen LogP) is 3.56. The summed E-state index contributed by atoms with van der Waals surface area (Å²) in [5, 5.41) is 12.0. The van der Waals surface area contributed by atoms with Gasteiger partial charge in [-0.1, -0.05) is 28.1 Å². The molecule has 0 heterocycles. The number of esters is 1. The van der Waals surface area contributed by atoms with Gasteiger partial charge >= 0.3 is 5.97 Å². The minimum Gasteiger partial charge on any atom is -0.493 e. The molecule has 1 amide bonds. The number of carbonyl (C=O) groups excluding carboxylic acids is 2. The Morgan fingerprint density at radius 2 is 1.96 bits per heavy atom. The van der Waals surface area contributed by atoms with E-state index >= 15 is 0 Å². The van der Waals surface area contributed by atoms with E-state index in [1.54, 1.807) is 36.4 Å². The number of nitrogens with one attached hydrogen (secondary N) is 1. The summed E-state index contributed by atoms with van der Waals surface area (Å²) in [6.07, 6.45) is 1.43. The van der Waals surface area contributed by atoms with Crippen molar-refractivity contribution in [3.8, 4) is 17.6 Å². The van der Waals surface area contributed by atoms with Crippen LogP contribution in [0, 0.1) is 11.3 Å². The average molecular weight is 445 g/mol. The van der Waals surface area contributed by atoms with Crippen LogP contribution in [0.15, 0.2) is 52.5 Å². The van der Waals surface area contributed by atoms with Crippen molar-refractivity contribution in [3.05, 3.63) is 58.1 Å². The van der Waals surface area contributed by atoms with Gasteiger partial charge in [-0.25, -0.2) is 4.79 Å². The summed E-state index contributed by atoms with van der Waals surface area (Å²) in [6, 6.07) is 13.7. The molecule has 0 saturated heterocycles. The van der Waals surface area contributed by atoms with E-state index in [1.165, 1.54) is 20.3 Å². The SMILES string of the molecule is COC(=O)COc1ccc(/C=C(/C#N)C(=O)Nc2cccc(Br)c2)cc1OC. The average Bonchev–Trinajstić information content (AvgIpc) is 2.70. The van der Waals surface area contributed by atoms with Crippen molar-refractivity contribution in [2.75, 3.05) is 26.1 Å². The number of hydrogen-bond donors (Lipinski definition) is 1. The zero-order chi connectivity index (χ0) is 20.5. The standard InChI is InChI=1S/C20H17BrN2O5/c1-26-18-9-13(6-7-17(18)28-12-19(24)27-2)8-14(11-22)20(25)23-16-5-3-4-15(21)10-16/h3-10H,12H2,1-2H3,(H,23,25)/b14-8-. The monoisotopic (exact) mass is 444 g/mol. The normalized spacial score (nSPS) is 10.6. The van der Waals surface area contributed by atoms with Gasteiger partial charge in [0.1, 0.15) is 11.6 Å². The molecule has 144 valence electrons. The van der Waals surface area contributed by atoms with E-state index < -0.39 is 11.9 Å². The van der Waals surface area contributed by atoms with E-state index in [1.807, 2.05) is 12.1 Å². The lowest BCUT2D eigenvalue weighted by Crippen LogP contribution is -2.13. The fraction of sp³-hybridized carbons (Fsp3) is 0.150. The van der Waals surface area contributed by atoms with Crippen molar-refractivity contribution in [1.82, 2.24) is 0 Å². The molecule has 7 nitrogen and oxygen atoms in total. The third-order valence-electron chi connectivity index (χ3n) is 3.52. The molecule has 2 rings (SSSR count). The van der Waals surface area contributed by atoms with Crippen molar-refractivity contribution in [3.63, 3.8) is 0 Å². The van der Waals surface area contributed by atoms with Crippen LogP contribution < -0.4 is 14.8 Å². The molecule has 0 aliphatic heterocycles. The Kier molecular flexibility index (Phi) is 7.60. The first kappa shape index (κ1) is 21.0. The molecule has 2 aromatic carbocycles. The summed E-state index contributed by atoms with van der Waals surface area (Å²) in [4.78, 5) is 23.6. The third kappa shape index (κ3) is 5.86. The molecule has 0 aromatic heterocycles. The van der Waals surface area contributed by atoms with Crippen LogP contribution >= 0.6 is 15.9 Å². The van der Waals surface area contributed by atoms with E-state index in [4.69, 9.17) is 9.47 Å². The smallest absolute Gasteiger partial charge is 0.343 e. The fourth-order valence-electron chi connectivity index (χ4n) is 2.17. The molecule has 1 N–H and O–H groups in total. The fourth-order valence-corrected chi connectivity index (χ4v) is 2.57. The van der Waals surface area contributed by atoms with Gasteiger partial charge in [0.25, 0.3) is 5.91 Å². The number of anilines is 1. The largest absolute Gasteiger partial charge is 0.493 e. The van der Waals surface area contributed by atoms with Crippen LogP contribution in [0.5, 0.6) is 11.5 Å². The highest BCUT2D eigenvalue weighted by Crippen LogP contribution is 2.29. The number of benzene rings is 2. The highest BCUT2D eigenvalue weighted by atomic mass is 79.9. The van der Waals surface area contributed by atoms with Crippen LogP contribution in [0.2, 0.25) is 0 Å². The lowest BCUT2D eigenvalue weighted by atomic mass is 10.1. The van der Waals surface area contributed by atoms with E-state index in [0.29, 0.717) is 22.7 Å². The predicted molar refractivity (Wildman–Crippen MR) is 107 cm³/mol. The Hall–Kier alpha value is -3.31. The quantitative estimate of drug-likeness (QED) is 0.398. The maximum absolute atomic E-state index is 12.4. The van der Waals surface area contributed by atoms with E-state index in [9.17, 15) is 14.9 Å². The van der Waals surface area contributed by atoms with Crippen LogP contribution in [0.1, 0.15) is 5.56 Å². The molecule has 0 unspecified atom stereocenters. The molecule has 2 aromatic rings. The Labute approximate surface area is 170 Å². The molecule has 0 spiro atoms. The number of ether oxygens (including phenoxy) is 3. The number of halogens is 1. The minimum absolute atomic E-state index is 0.0785. The number of rotatable bonds is 7. The lowest BCUT2D eigenvalue weighted by molar-refractivity contribution is -0.142. The highest BCUT2D eigenvalue weighted by molar-refractivity contribution is 9.10. The lowest BCUT2D eigenvalue weighted by Gasteiger charge is -2.10. The number of amides is 1. The number of nitrogens with zero attached hydrogens (tertiary/aromatic N) is 1. The zero-order valence-electron chi connectivity index (χ0n) is 15.2. The topological polar surface area (TPSA) is 97.7 Å². The Bertz CT molecular complexity index is 950. The van der Waals surface area contributed by atoms with Gasteiger partial charge in [-0.05, 0) is 42.0 Å². The van der Waals surface area contributed by atoms with Crippen LogP contribution in [-0.2, 0) is 14.3 Å². The third-order valence-corrected chi connectivity index (χ3v) is 4.01. The highest BCUT2D eigenvalue weighted by Gasteiger charge is 2.12. The van der Waals surface area contributed by atoms with Gasteiger partial charge in [-0.15, -0.1) is 0 Å². The van der Waals surface area contributed by atoms with E-state index in [-0.39, 0.29) is 12.2 Å². The molecule has 28 heavy (non-hydrogen) atoms. The van der Waals surface area contributed by atoms with Gasteiger partial charge < -0.3 is 19.5 Å². The number of carbonyl (C=O) groups is 2. The first-order valence-electron chi connectivity index (χ1n) is 8.03. The molecule has 0 fully saturated rings. The molecular formula is C20H17BrN2O5. The van der Waals surface area contributed by atoms with E-state index in [2.05, 4.69) is 26.0 Å². The molecular weight excluding hydrogens is 428 g/mol. The first-order valence-corrected chi connectivity index (χ1v) is 8.82. The summed E-state index contributed by atoms with van der Waals surface area (Å²) < 4.78 is 15.9. The second-order valence-electron chi connectivity index (χ2n) is 5.41. The van der Waals surface area contributed by atoms with Crippen molar-refractivity contribution < 1.29 is 23.8 Å². The van der Waals surface area contributed by atoms with Crippen LogP contribution in [0.4, 0.5) is 5.69 Å². The number of methoxy groups -OCH3 is 2. The van der Waals surface area contributed by atoms with Crippen LogP contribution in [-0.4, -0.2) is 32.7 Å². The minimum atomic E-state index is -0.536. The summed E-state index contributed by atoms with van der Waals surface area (Å²) in [7, 11) is 2.71. The van der Waals surface area contributed by atoms with Crippen molar-refractivity contribution in [1.29, 1.82) is 5.26 Å². The molecule has 0 bridgehead atoms. The van der Waals surface area contributed by atoms with Gasteiger partial charge in [-0.3, -0.25) is 4.79 Å². The Balaban J connectivity index is 2.19. The molecule has 0 aliphatic carbocycles. The number of hydrogen-bond acceptors (Lipinski definition) is 6. The van der Waals surface area contributed by atoms with E-state index in [0.717, 1.165) is 4.47 Å². The van der Waals surface area contributed by atoms with Crippen molar-refractivity contribution in [2.24, 2.45) is 0 Å². The van der Waals surface area contributed by atoms with Gasteiger partial charge in [0.2, 0.25) is 0 Å². The summed E-state index contributed by atoms with van der Waals surface area (Å²) in [6.45, 7) is -0.263. The van der Waals surface area contributed by atoms with Gasteiger partial charge in [0.05, 0.1) is 14.2 Å². The molecule has 0 radical (unpaired) electrons. The molecule has 0 aliphatic rings. The molecule has 8 heteroatoms.